The number of para-hydroxylation sites is 1. The summed E-state index contributed by atoms with van der Waals surface area (Å²) < 4.78 is 27.1. The zero-order chi connectivity index (χ0) is 23.7. The standard InChI is InChI=1S/C25H21NO8/c1-30-19-9-14(10-20-24(19)33-13-32-20)17(11-21(27)26-12-15-5-4-8-31-15)22-23(28)16-6-2-3-7-18(16)34-25(22)29/h2-10,17,28H,11-13H2,1H3,(H,26,27). The van der Waals surface area contributed by atoms with Crippen molar-refractivity contribution in [2.45, 2.75) is 18.9 Å². The van der Waals surface area contributed by atoms with E-state index < -0.39 is 11.5 Å². The van der Waals surface area contributed by atoms with Crippen molar-refractivity contribution in [2.75, 3.05) is 13.9 Å². The number of fused-ring (bicyclic) bond motifs is 2. The van der Waals surface area contributed by atoms with Crippen LogP contribution in [-0.2, 0) is 11.3 Å². The van der Waals surface area contributed by atoms with Gasteiger partial charge >= 0.3 is 5.63 Å². The molecule has 1 aliphatic rings. The minimum Gasteiger partial charge on any atom is -0.507 e. The highest BCUT2D eigenvalue weighted by Gasteiger charge is 2.30. The molecule has 1 unspecified atom stereocenters. The van der Waals surface area contributed by atoms with Gasteiger partial charge in [0, 0.05) is 12.3 Å². The minimum absolute atomic E-state index is 0.0206. The molecule has 1 atom stereocenters. The summed E-state index contributed by atoms with van der Waals surface area (Å²) in [5.41, 5.74) is -0.00500. The largest absolute Gasteiger partial charge is 0.507 e. The molecule has 0 fully saturated rings. The molecule has 174 valence electrons. The topological polar surface area (TPSA) is 120 Å². The normalized spacial score (nSPS) is 13.1. The molecule has 5 rings (SSSR count). The first-order valence-corrected chi connectivity index (χ1v) is 10.6. The summed E-state index contributed by atoms with van der Waals surface area (Å²) in [4.78, 5) is 25.9. The molecule has 0 saturated carbocycles. The predicted octanol–water partition coefficient (Wildman–Crippen LogP) is 3.67. The van der Waals surface area contributed by atoms with Crippen LogP contribution in [0.2, 0.25) is 0 Å². The van der Waals surface area contributed by atoms with Crippen molar-refractivity contribution in [3.8, 4) is 23.0 Å². The third-order valence-electron chi connectivity index (χ3n) is 5.68. The Labute approximate surface area is 193 Å². The van der Waals surface area contributed by atoms with Crippen molar-refractivity contribution in [2.24, 2.45) is 0 Å². The van der Waals surface area contributed by atoms with E-state index >= 15 is 0 Å². The van der Waals surface area contributed by atoms with Crippen LogP contribution < -0.4 is 25.2 Å². The molecule has 0 spiro atoms. The van der Waals surface area contributed by atoms with Crippen molar-refractivity contribution in [1.29, 1.82) is 0 Å². The molecule has 3 heterocycles. The highest BCUT2D eigenvalue weighted by molar-refractivity contribution is 5.85. The van der Waals surface area contributed by atoms with Crippen LogP contribution in [0.4, 0.5) is 0 Å². The van der Waals surface area contributed by atoms with Crippen LogP contribution in [0.1, 0.15) is 29.2 Å². The first-order valence-electron chi connectivity index (χ1n) is 10.6. The first-order chi connectivity index (χ1) is 16.5. The number of hydrogen-bond donors (Lipinski definition) is 2. The summed E-state index contributed by atoms with van der Waals surface area (Å²) in [5.74, 6) is 0.360. The molecule has 34 heavy (non-hydrogen) atoms. The monoisotopic (exact) mass is 463 g/mol. The van der Waals surface area contributed by atoms with Crippen LogP contribution in [0.15, 0.2) is 68.4 Å². The van der Waals surface area contributed by atoms with Crippen molar-refractivity contribution in [1.82, 2.24) is 5.32 Å². The van der Waals surface area contributed by atoms with Gasteiger partial charge in [-0.1, -0.05) is 12.1 Å². The SMILES string of the molecule is COc1cc(C(CC(=O)NCc2ccco2)c2c(O)c3ccccc3oc2=O)cc2c1OCO2. The van der Waals surface area contributed by atoms with E-state index in [1.807, 2.05) is 0 Å². The third-order valence-corrected chi connectivity index (χ3v) is 5.68. The summed E-state index contributed by atoms with van der Waals surface area (Å²) in [6.45, 7) is 0.203. The van der Waals surface area contributed by atoms with Crippen LogP contribution >= 0.6 is 0 Å². The lowest BCUT2D eigenvalue weighted by molar-refractivity contribution is -0.121. The number of carbonyl (C=O) groups excluding carboxylic acids is 1. The molecule has 2 aromatic heterocycles. The fourth-order valence-corrected chi connectivity index (χ4v) is 4.05. The Morgan fingerprint density at radius 1 is 1.18 bits per heavy atom. The van der Waals surface area contributed by atoms with Gasteiger partial charge in [0.15, 0.2) is 11.5 Å². The van der Waals surface area contributed by atoms with Crippen molar-refractivity contribution in [3.05, 3.63) is 82.1 Å². The number of methoxy groups -OCH3 is 1. The van der Waals surface area contributed by atoms with E-state index in [0.717, 1.165) is 0 Å². The number of nitrogens with one attached hydrogen (secondary N) is 1. The molecule has 9 heteroatoms. The minimum atomic E-state index is -0.860. The fourth-order valence-electron chi connectivity index (χ4n) is 4.05. The van der Waals surface area contributed by atoms with Gasteiger partial charge in [0.1, 0.15) is 17.1 Å². The lowest BCUT2D eigenvalue weighted by atomic mass is 9.87. The van der Waals surface area contributed by atoms with E-state index in [0.29, 0.717) is 34.0 Å². The zero-order valence-electron chi connectivity index (χ0n) is 18.2. The highest BCUT2D eigenvalue weighted by atomic mass is 16.7. The van der Waals surface area contributed by atoms with Gasteiger partial charge < -0.3 is 33.5 Å². The van der Waals surface area contributed by atoms with Crippen LogP contribution in [0.25, 0.3) is 11.0 Å². The quantitative estimate of drug-likeness (QED) is 0.399. The smallest absolute Gasteiger partial charge is 0.343 e. The maximum Gasteiger partial charge on any atom is 0.343 e. The number of amides is 1. The number of carbonyl (C=O) groups is 1. The summed E-state index contributed by atoms with van der Waals surface area (Å²) in [6, 6.07) is 13.5. The third kappa shape index (κ3) is 3.92. The average molecular weight is 463 g/mol. The van der Waals surface area contributed by atoms with Crippen LogP contribution in [0, 0.1) is 0 Å². The Bertz CT molecular complexity index is 1410. The Morgan fingerprint density at radius 3 is 2.82 bits per heavy atom. The second kappa shape index (κ2) is 8.86. The number of ether oxygens (including phenoxy) is 3. The molecule has 0 bridgehead atoms. The molecule has 0 radical (unpaired) electrons. The van der Waals surface area contributed by atoms with Gasteiger partial charge in [-0.25, -0.2) is 4.79 Å². The van der Waals surface area contributed by atoms with Gasteiger partial charge in [-0.3, -0.25) is 4.79 Å². The highest BCUT2D eigenvalue weighted by Crippen LogP contribution is 2.45. The Hall–Kier alpha value is -4.40. The molecule has 2 aromatic carbocycles. The summed E-state index contributed by atoms with van der Waals surface area (Å²) in [7, 11) is 1.48. The predicted molar refractivity (Wildman–Crippen MR) is 120 cm³/mol. The first kappa shape index (κ1) is 21.4. The van der Waals surface area contributed by atoms with Gasteiger partial charge in [-0.05, 0) is 42.0 Å². The number of hydrogen-bond acceptors (Lipinski definition) is 8. The van der Waals surface area contributed by atoms with Crippen LogP contribution in [0.5, 0.6) is 23.0 Å². The molecular formula is C25H21NO8. The second-order valence-electron chi connectivity index (χ2n) is 7.72. The maximum absolute atomic E-state index is 13.0. The number of rotatable bonds is 7. The summed E-state index contributed by atoms with van der Waals surface area (Å²) in [5, 5.41) is 14.2. The van der Waals surface area contributed by atoms with Crippen molar-refractivity contribution < 1.29 is 32.9 Å². The maximum atomic E-state index is 13.0. The number of benzene rings is 2. The van der Waals surface area contributed by atoms with Crippen LogP contribution in [-0.4, -0.2) is 24.9 Å². The Balaban J connectivity index is 1.59. The van der Waals surface area contributed by atoms with E-state index in [-0.39, 0.29) is 42.6 Å². The lowest BCUT2D eigenvalue weighted by Gasteiger charge is -2.19. The van der Waals surface area contributed by atoms with Gasteiger partial charge in [0.25, 0.3) is 0 Å². The number of furan rings is 1. The summed E-state index contributed by atoms with van der Waals surface area (Å²) >= 11 is 0. The molecule has 4 aromatic rings. The number of aromatic hydroxyl groups is 1. The summed E-state index contributed by atoms with van der Waals surface area (Å²) in [6.07, 6.45) is 1.36. The molecule has 0 saturated heterocycles. The second-order valence-corrected chi connectivity index (χ2v) is 7.72. The van der Waals surface area contributed by atoms with E-state index in [9.17, 15) is 14.7 Å². The van der Waals surface area contributed by atoms with Gasteiger partial charge in [-0.2, -0.15) is 0 Å². The fraction of sp³-hybridized carbons (Fsp3) is 0.200. The average Bonchev–Trinajstić information content (AvgIpc) is 3.53. The van der Waals surface area contributed by atoms with Gasteiger partial charge in [0.05, 0.1) is 30.9 Å². The van der Waals surface area contributed by atoms with Gasteiger partial charge in [-0.15, -0.1) is 0 Å². The van der Waals surface area contributed by atoms with Gasteiger partial charge in [0.2, 0.25) is 18.4 Å². The van der Waals surface area contributed by atoms with E-state index in [1.165, 1.54) is 13.4 Å². The molecule has 1 amide bonds. The van der Waals surface area contributed by atoms with E-state index in [4.69, 9.17) is 23.0 Å². The lowest BCUT2D eigenvalue weighted by Crippen LogP contribution is -2.26. The van der Waals surface area contributed by atoms with E-state index in [2.05, 4.69) is 5.32 Å². The Kier molecular flexibility index (Phi) is 5.59. The van der Waals surface area contributed by atoms with Crippen molar-refractivity contribution >= 4 is 16.9 Å². The molecule has 1 aliphatic heterocycles. The molecule has 9 nitrogen and oxygen atoms in total. The molecule has 2 N–H and O–H groups in total. The Morgan fingerprint density at radius 2 is 2.03 bits per heavy atom. The zero-order valence-corrected chi connectivity index (χ0v) is 18.2. The molecular weight excluding hydrogens is 442 g/mol. The van der Waals surface area contributed by atoms with Crippen LogP contribution in [0.3, 0.4) is 0 Å². The van der Waals surface area contributed by atoms with E-state index in [1.54, 1.807) is 48.5 Å². The molecule has 0 aliphatic carbocycles. The van der Waals surface area contributed by atoms with Crippen molar-refractivity contribution in [3.63, 3.8) is 0 Å².